The summed E-state index contributed by atoms with van der Waals surface area (Å²) >= 11 is 0. The average Bonchev–Trinajstić information content (AvgIpc) is 3.23. The van der Waals surface area contributed by atoms with E-state index in [1.807, 2.05) is 30.3 Å². The fourth-order valence-electron chi connectivity index (χ4n) is 3.54. The zero-order valence-electron chi connectivity index (χ0n) is 19.6. The van der Waals surface area contributed by atoms with Crippen LogP contribution in [0.25, 0.3) is 0 Å². The first kappa shape index (κ1) is 25.1. The van der Waals surface area contributed by atoms with E-state index in [4.69, 9.17) is 14.6 Å². The molecule has 1 heterocycles. The molecule has 0 bridgehead atoms. The van der Waals surface area contributed by atoms with E-state index in [0.29, 0.717) is 24.4 Å². The second-order valence-corrected chi connectivity index (χ2v) is 8.77. The number of carbonyl (C=O) groups excluding carboxylic acids is 2. The number of hydrogen-bond acceptors (Lipinski definition) is 6. The van der Waals surface area contributed by atoms with Crippen LogP contribution >= 0.6 is 0 Å². The van der Waals surface area contributed by atoms with Crippen molar-refractivity contribution < 1.29 is 29.3 Å². The summed E-state index contributed by atoms with van der Waals surface area (Å²) in [7, 11) is 0. The monoisotopic (exact) mass is 466 g/mol. The Morgan fingerprint density at radius 1 is 1.12 bits per heavy atom. The molecule has 0 saturated carbocycles. The van der Waals surface area contributed by atoms with Gasteiger partial charge in [0.15, 0.2) is 0 Å². The topological polar surface area (TPSA) is 108 Å². The molecule has 2 aromatic carbocycles. The minimum atomic E-state index is -1.11. The number of carbonyl (C=O) groups is 2. The summed E-state index contributed by atoms with van der Waals surface area (Å²) in [5.74, 6) is 6.56. The quantitative estimate of drug-likeness (QED) is 0.564. The van der Waals surface area contributed by atoms with Crippen LogP contribution in [0.2, 0.25) is 0 Å². The summed E-state index contributed by atoms with van der Waals surface area (Å²) in [6.45, 7) is 5.25. The molecule has 3 rings (SSSR count). The van der Waals surface area contributed by atoms with Crippen molar-refractivity contribution in [2.24, 2.45) is 0 Å². The molecule has 0 saturated heterocycles. The smallest absolute Gasteiger partial charge is 0.408 e. The number of rotatable bonds is 6. The standard InChI is InChI=1S/C26H30N2O6/c1-26(2,3)34-25(32)27-22(17-30)24(31)28-14-13-21-19(5-4-6-23(21)28)10-7-18-8-11-20(12-9-18)33-16-15-29/h4-6,8-9,11-12,22,29-30H,13-17H2,1-3H3,(H,27,32)/t22-/m1/s1. The minimum Gasteiger partial charge on any atom is -0.491 e. The van der Waals surface area contributed by atoms with Crippen LogP contribution < -0.4 is 15.0 Å². The molecule has 3 N–H and O–H groups in total. The lowest BCUT2D eigenvalue weighted by molar-refractivity contribution is -0.121. The molecular formula is C26H30N2O6. The number of hydrogen-bond donors (Lipinski definition) is 3. The van der Waals surface area contributed by atoms with E-state index in [-0.39, 0.29) is 13.2 Å². The van der Waals surface area contributed by atoms with Gasteiger partial charge >= 0.3 is 6.09 Å². The number of nitrogens with one attached hydrogen (secondary N) is 1. The van der Waals surface area contributed by atoms with Crippen molar-refractivity contribution in [1.82, 2.24) is 5.32 Å². The van der Waals surface area contributed by atoms with Crippen LogP contribution in [0.5, 0.6) is 5.75 Å². The van der Waals surface area contributed by atoms with Crippen molar-refractivity contribution in [2.75, 3.05) is 31.3 Å². The van der Waals surface area contributed by atoms with Gasteiger partial charge in [-0.2, -0.15) is 0 Å². The third kappa shape index (κ3) is 6.50. The Kier molecular flexibility index (Phi) is 8.16. The highest BCUT2D eigenvalue weighted by Crippen LogP contribution is 2.31. The lowest BCUT2D eigenvalue weighted by Gasteiger charge is -2.25. The number of aliphatic hydroxyl groups excluding tert-OH is 2. The van der Waals surface area contributed by atoms with E-state index in [1.165, 1.54) is 0 Å². The van der Waals surface area contributed by atoms with Crippen LogP contribution in [0.15, 0.2) is 42.5 Å². The fraction of sp³-hybridized carbons (Fsp3) is 0.385. The van der Waals surface area contributed by atoms with E-state index in [1.54, 1.807) is 37.8 Å². The van der Waals surface area contributed by atoms with Gasteiger partial charge in [0.1, 0.15) is 24.0 Å². The van der Waals surface area contributed by atoms with Gasteiger partial charge in [0, 0.05) is 23.4 Å². The van der Waals surface area contributed by atoms with Crippen LogP contribution in [-0.2, 0) is 16.0 Å². The first-order valence-electron chi connectivity index (χ1n) is 11.1. The molecule has 2 aromatic rings. The summed E-state index contributed by atoms with van der Waals surface area (Å²) < 4.78 is 10.6. The van der Waals surface area contributed by atoms with Crippen molar-refractivity contribution in [1.29, 1.82) is 0 Å². The normalized spacial score (nSPS) is 13.4. The summed E-state index contributed by atoms with van der Waals surface area (Å²) in [6, 6.07) is 11.7. The van der Waals surface area contributed by atoms with Gasteiger partial charge in [0.25, 0.3) is 5.91 Å². The molecule has 0 unspecified atom stereocenters. The first-order chi connectivity index (χ1) is 16.2. The highest BCUT2D eigenvalue weighted by molar-refractivity contribution is 6.00. The van der Waals surface area contributed by atoms with Crippen LogP contribution in [-0.4, -0.2) is 60.2 Å². The van der Waals surface area contributed by atoms with Crippen LogP contribution in [0.3, 0.4) is 0 Å². The second-order valence-electron chi connectivity index (χ2n) is 8.77. The van der Waals surface area contributed by atoms with Crippen molar-refractivity contribution in [3.05, 3.63) is 59.2 Å². The van der Waals surface area contributed by atoms with E-state index in [9.17, 15) is 14.7 Å². The van der Waals surface area contributed by atoms with Crippen molar-refractivity contribution in [2.45, 2.75) is 38.8 Å². The molecule has 2 amide bonds. The largest absolute Gasteiger partial charge is 0.491 e. The molecule has 34 heavy (non-hydrogen) atoms. The fourth-order valence-corrected chi connectivity index (χ4v) is 3.54. The number of aliphatic hydroxyl groups is 2. The number of anilines is 1. The summed E-state index contributed by atoms with van der Waals surface area (Å²) in [5.41, 5.74) is 2.57. The molecular weight excluding hydrogens is 436 g/mol. The van der Waals surface area contributed by atoms with Crippen LogP contribution in [0.4, 0.5) is 10.5 Å². The van der Waals surface area contributed by atoms with Gasteiger partial charge in [0.2, 0.25) is 0 Å². The van der Waals surface area contributed by atoms with Gasteiger partial charge in [0.05, 0.1) is 13.2 Å². The highest BCUT2D eigenvalue weighted by Gasteiger charge is 2.32. The van der Waals surface area contributed by atoms with Gasteiger partial charge in [-0.1, -0.05) is 17.9 Å². The first-order valence-corrected chi connectivity index (χ1v) is 11.1. The predicted molar refractivity (Wildman–Crippen MR) is 128 cm³/mol. The molecule has 1 aliphatic rings. The Morgan fingerprint density at radius 2 is 1.85 bits per heavy atom. The number of amides is 2. The van der Waals surface area contributed by atoms with E-state index in [2.05, 4.69) is 17.2 Å². The number of alkyl carbamates (subject to hydrolysis) is 1. The van der Waals surface area contributed by atoms with Gasteiger partial charge in [-0.25, -0.2) is 4.79 Å². The second kappa shape index (κ2) is 11.1. The predicted octanol–water partition coefficient (Wildman–Crippen LogP) is 2.23. The van der Waals surface area contributed by atoms with Gasteiger partial charge < -0.3 is 29.9 Å². The maximum absolute atomic E-state index is 13.1. The van der Waals surface area contributed by atoms with Crippen LogP contribution in [0, 0.1) is 11.8 Å². The van der Waals surface area contributed by atoms with Gasteiger partial charge in [-0.3, -0.25) is 4.79 Å². The molecule has 1 aliphatic heterocycles. The Morgan fingerprint density at radius 3 is 2.50 bits per heavy atom. The Balaban J connectivity index is 1.74. The number of nitrogens with zero attached hydrogens (tertiary/aromatic N) is 1. The molecule has 180 valence electrons. The molecule has 0 fully saturated rings. The Labute approximate surface area is 199 Å². The van der Waals surface area contributed by atoms with Crippen molar-refractivity contribution in [3.63, 3.8) is 0 Å². The highest BCUT2D eigenvalue weighted by atomic mass is 16.6. The molecule has 0 radical (unpaired) electrons. The Bertz CT molecular complexity index is 1080. The SMILES string of the molecule is CC(C)(C)OC(=O)N[C@H](CO)C(=O)N1CCc2c(C#Cc3ccc(OCCO)cc3)cccc21. The number of ether oxygens (including phenoxy) is 2. The molecule has 0 aliphatic carbocycles. The lowest BCUT2D eigenvalue weighted by atomic mass is 10.0. The maximum Gasteiger partial charge on any atom is 0.408 e. The number of fused-ring (bicyclic) bond motifs is 1. The van der Waals surface area contributed by atoms with Crippen LogP contribution in [0.1, 0.15) is 37.5 Å². The summed E-state index contributed by atoms with van der Waals surface area (Å²) in [6.07, 6.45) is -0.142. The maximum atomic E-state index is 13.1. The van der Waals surface area contributed by atoms with E-state index in [0.717, 1.165) is 16.7 Å². The van der Waals surface area contributed by atoms with E-state index >= 15 is 0 Å². The minimum absolute atomic E-state index is 0.0453. The molecule has 1 atom stereocenters. The lowest BCUT2D eigenvalue weighted by Crippen LogP contribution is -2.51. The van der Waals surface area contributed by atoms with Crippen molar-refractivity contribution in [3.8, 4) is 17.6 Å². The molecule has 0 aromatic heterocycles. The zero-order chi connectivity index (χ0) is 24.7. The molecule has 8 heteroatoms. The summed E-state index contributed by atoms with van der Waals surface area (Å²) in [5, 5.41) is 21.0. The van der Waals surface area contributed by atoms with E-state index < -0.39 is 30.3 Å². The third-order valence-electron chi connectivity index (χ3n) is 5.02. The average molecular weight is 467 g/mol. The summed E-state index contributed by atoms with van der Waals surface area (Å²) in [4.78, 5) is 26.7. The van der Waals surface area contributed by atoms with Gasteiger partial charge in [-0.15, -0.1) is 0 Å². The molecule has 0 spiro atoms. The molecule has 8 nitrogen and oxygen atoms in total. The van der Waals surface area contributed by atoms with Crippen molar-refractivity contribution >= 4 is 17.7 Å². The zero-order valence-corrected chi connectivity index (χ0v) is 19.6. The number of benzene rings is 2. The third-order valence-corrected chi connectivity index (χ3v) is 5.02. The Hall–Kier alpha value is -3.54. The van der Waals surface area contributed by atoms with Gasteiger partial charge in [-0.05, 0) is 69.2 Å².